The number of hydrogen-bond donors (Lipinski definition) is 1. The quantitative estimate of drug-likeness (QED) is 0.877. The highest BCUT2D eigenvalue weighted by Gasteiger charge is 2.06. The molecule has 0 bridgehead atoms. The Bertz CT molecular complexity index is 551. The van der Waals surface area contributed by atoms with Crippen molar-refractivity contribution in [1.82, 2.24) is 9.97 Å². The van der Waals surface area contributed by atoms with Gasteiger partial charge in [0.15, 0.2) is 0 Å². The van der Waals surface area contributed by atoms with Gasteiger partial charge in [-0.15, -0.1) is 0 Å². The van der Waals surface area contributed by atoms with E-state index in [2.05, 4.69) is 34.3 Å². The number of anilines is 1. The van der Waals surface area contributed by atoms with E-state index >= 15 is 0 Å². The lowest BCUT2D eigenvalue weighted by molar-refractivity contribution is 0.373. The van der Waals surface area contributed by atoms with Crippen molar-refractivity contribution in [3.8, 4) is 11.8 Å². The van der Waals surface area contributed by atoms with Crippen molar-refractivity contribution in [3.05, 3.63) is 41.5 Å². The number of ether oxygens (including phenoxy) is 2. The van der Waals surface area contributed by atoms with Crippen LogP contribution in [0.4, 0.5) is 5.95 Å². The summed E-state index contributed by atoms with van der Waals surface area (Å²) >= 11 is 0. The van der Waals surface area contributed by atoms with Gasteiger partial charge in [0.25, 0.3) is 0 Å². The molecule has 0 amide bonds. The van der Waals surface area contributed by atoms with Crippen LogP contribution in [0.3, 0.4) is 0 Å². The molecule has 0 spiro atoms. The highest BCUT2D eigenvalue weighted by atomic mass is 16.5. The zero-order valence-electron chi connectivity index (χ0n) is 12.0. The van der Waals surface area contributed by atoms with E-state index < -0.39 is 0 Å². The summed E-state index contributed by atoms with van der Waals surface area (Å²) in [5.41, 5.74) is 2.55. The molecule has 0 aliphatic rings. The van der Waals surface area contributed by atoms with E-state index in [1.165, 1.54) is 11.1 Å². The van der Waals surface area contributed by atoms with Crippen molar-refractivity contribution in [1.29, 1.82) is 0 Å². The van der Waals surface area contributed by atoms with Crippen molar-refractivity contribution in [2.45, 2.75) is 19.9 Å². The number of aryl methyl sites for hydroxylation is 1. The van der Waals surface area contributed by atoms with Gasteiger partial charge in [0.1, 0.15) is 0 Å². The summed E-state index contributed by atoms with van der Waals surface area (Å²) in [5, 5.41) is 3.20. The minimum absolute atomic E-state index is 0.475. The van der Waals surface area contributed by atoms with E-state index in [1.807, 2.05) is 12.1 Å². The molecule has 5 nitrogen and oxygen atoms in total. The van der Waals surface area contributed by atoms with Crippen LogP contribution in [0, 0.1) is 0 Å². The zero-order valence-corrected chi connectivity index (χ0v) is 12.0. The summed E-state index contributed by atoms with van der Waals surface area (Å²) in [4.78, 5) is 8.49. The molecule has 2 aromatic rings. The van der Waals surface area contributed by atoms with Crippen molar-refractivity contribution in [2.24, 2.45) is 0 Å². The molecular formula is C15H19N3O2. The average molecular weight is 273 g/mol. The molecule has 106 valence electrons. The Morgan fingerprint density at radius 3 is 2.15 bits per heavy atom. The van der Waals surface area contributed by atoms with Gasteiger partial charge in [-0.25, -0.2) is 0 Å². The summed E-state index contributed by atoms with van der Waals surface area (Å²) in [7, 11) is 3.13. The minimum atomic E-state index is 0.475. The molecule has 0 saturated carbocycles. The minimum Gasteiger partial charge on any atom is -0.481 e. The third kappa shape index (κ3) is 3.38. The van der Waals surface area contributed by atoms with Crippen LogP contribution in [0.2, 0.25) is 0 Å². The van der Waals surface area contributed by atoms with Crippen LogP contribution in [-0.2, 0) is 13.0 Å². The van der Waals surface area contributed by atoms with Crippen molar-refractivity contribution >= 4 is 5.95 Å². The number of hydrogen-bond acceptors (Lipinski definition) is 5. The van der Waals surface area contributed by atoms with Crippen LogP contribution in [0.1, 0.15) is 18.1 Å². The smallest absolute Gasteiger partial charge is 0.229 e. The maximum atomic E-state index is 5.12. The molecule has 1 N–H and O–H groups in total. The Labute approximate surface area is 119 Å². The number of methoxy groups -OCH3 is 2. The molecule has 0 radical (unpaired) electrons. The predicted molar refractivity (Wildman–Crippen MR) is 78.3 cm³/mol. The molecule has 1 aromatic heterocycles. The molecule has 0 aliphatic heterocycles. The van der Waals surface area contributed by atoms with E-state index in [4.69, 9.17) is 9.47 Å². The first-order valence-electron chi connectivity index (χ1n) is 6.54. The fourth-order valence-corrected chi connectivity index (χ4v) is 1.94. The average Bonchev–Trinajstić information content (AvgIpc) is 2.52. The number of aromatic nitrogens is 2. The van der Waals surface area contributed by atoms with Gasteiger partial charge in [0.2, 0.25) is 17.7 Å². The highest BCUT2D eigenvalue weighted by molar-refractivity contribution is 5.36. The second-order valence-electron chi connectivity index (χ2n) is 4.25. The molecule has 0 fully saturated rings. The Morgan fingerprint density at radius 1 is 1.00 bits per heavy atom. The first kappa shape index (κ1) is 14.1. The number of nitrogens with one attached hydrogen (secondary N) is 1. The highest BCUT2D eigenvalue weighted by Crippen LogP contribution is 2.18. The van der Waals surface area contributed by atoms with Gasteiger partial charge in [-0.1, -0.05) is 31.2 Å². The first-order chi connectivity index (χ1) is 9.76. The van der Waals surface area contributed by atoms with Crippen LogP contribution in [0.25, 0.3) is 0 Å². The van der Waals surface area contributed by atoms with Crippen molar-refractivity contribution in [3.63, 3.8) is 0 Å². The Hall–Kier alpha value is -2.30. The zero-order chi connectivity index (χ0) is 14.4. The molecule has 0 atom stereocenters. The molecule has 0 saturated heterocycles. The number of rotatable bonds is 6. The van der Waals surface area contributed by atoms with E-state index in [0.29, 0.717) is 24.3 Å². The molecule has 5 heteroatoms. The largest absolute Gasteiger partial charge is 0.481 e. The lowest BCUT2D eigenvalue weighted by Crippen LogP contribution is -2.07. The van der Waals surface area contributed by atoms with Crippen LogP contribution >= 0.6 is 0 Å². The van der Waals surface area contributed by atoms with E-state index in [1.54, 1.807) is 20.3 Å². The monoisotopic (exact) mass is 273 g/mol. The summed E-state index contributed by atoms with van der Waals surface area (Å²) in [6, 6.07) is 9.95. The van der Waals surface area contributed by atoms with Crippen molar-refractivity contribution in [2.75, 3.05) is 19.5 Å². The van der Waals surface area contributed by atoms with Crippen molar-refractivity contribution < 1.29 is 9.47 Å². The maximum Gasteiger partial charge on any atom is 0.229 e. The Balaban J connectivity index is 2.14. The van der Waals surface area contributed by atoms with E-state index in [9.17, 15) is 0 Å². The van der Waals surface area contributed by atoms with Crippen LogP contribution < -0.4 is 14.8 Å². The predicted octanol–water partition coefficient (Wildman–Crippen LogP) is 2.67. The molecular weight excluding hydrogens is 254 g/mol. The number of nitrogens with zero attached hydrogens (tertiary/aromatic N) is 2. The second kappa shape index (κ2) is 6.75. The second-order valence-corrected chi connectivity index (χ2v) is 4.25. The first-order valence-corrected chi connectivity index (χ1v) is 6.54. The van der Waals surface area contributed by atoms with E-state index in [-0.39, 0.29) is 0 Å². The molecule has 1 heterocycles. The third-order valence-electron chi connectivity index (χ3n) is 3.03. The SMILES string of the molecule is CCc1ccccc1CNc1nc(OC)cc(OC)n1. The summed E-state index contributed by atoms with van der Waals surface area (Å²) in [6.45, 7) is 2.81. The lowest BCUT2D eigenvalue weighted by Gasteiger charge is -2.10. The lowest BCUT2D eigenvalue weighted by atomic mass is 10.1. The van der Waals surface area contributed by atoms with Gasteiger partial charge in [0, 0.05) is 6.54 Å². The van der Waals surface area contributed by atoms with Crippen LogP contribution in [0.5, 0.6) is 11.8 Å². The van der Waals surface area contributed by atoms with Crippen LogP contribution in [0.15, 0.2) is 30.3 Å². The number of benzene rings is 1. The third-order valence-corrected chi connectivity index (χ3v) is 3.03. The molecule has 0 aliphatic carbocycles. The van der Waals surface area contributed by atoms with E-state index in [0.717, 1.165) is 6.42 Å². The topological polar surface area (TPSA) is 56.3 Å². The van der Waals surface area contributed by atoms with Gasteiger partial charge in [-0.3, -0.25) is 0 Å². The van der Waals surface area contributed by atoms with Gasteiger partial charge >= 0.3 is 0 Å². The fourth-order valence-electron chi connectivity index (χ4n) is 1.94. The summed E-state index contributed by atoms with van der Waals surface area (Å²) in [5.74, 6) is 1.44. The molecule has 1 aromatic carbocycles. The molecule has 0 unspecified atom stereocenters. The van der Waals surface area contributed by atoms with Gasteiger partial charge in [0.05, 0.1) is 20.3 Å². The Morgan fingerprint density at radius 2 is 1.60 bits per heavy atom. The fraction of sp³-hybridized carbons (Fsp3) is 0.333. The standard InChI is InChI=1S/C15H19N3O2/c1-4-11-7-5-6-8-12(11)10-16-15-17-13(19-2)9-14(18-15)20-3/h5-9H,4,10H2,1-3H3,(H,16,17,18). The van der Waals surface area contributed by atoms with Gasteiger partial charge in [-0.2, -0.15) is 9.97 Å². The molecule has 2 rings (SSSR count). The molecule has 20 heavy (non-hydrogen) atoms. The summed E-state index contributed by atoms with van der Waals surface area (Å²) < 4.78 is 10.2. The maximum absolute atomic E-state index is 5.12. The van der Waals surface area contributed by atoms with Crippen LogP contribution in [-0.4, -0.2) is 24.2 Å². The Kier molecular flexibility index (Phi) is 4.76. The normalized spacial score (nSPS) is 10.2. The summed E-state index contributed by atoms with van der Waals surface area (Å²) in [6.07, 6.45) is 1.00. The van der Waals surface area contributed by atoms with Gasteiger partial charge < -0.3 is 14.8 Å². The van der Waals surface area contributed by atoms with Gasteiger partial charge in [-0.05, 0) is 17.5 Å².